The van der Waals surface area contributed by atoms with E-state index < -0.39 is 0 Å². The number of pyridine rings is 3. The standard InChI is InChI=1S/C99H78N5.Ir/c1-7-53-98(3,4)73-51-56-101-90(64-73)68-46-49-86(96(62-68)103-92-41-22-18-36-82(92)83-37-19-23-42-93(83)103)79-34-16-13-31-76(79)71-58-70(75-30-12-15-33-78(75)81-48-45-67(89-40-26-27-55-100-89)61-88(81)66-28-10-9-11-29-66)59-72(60-71)77-32-14-17-35-80(77)87-50-47-69(91-65-74(52-57-102-91)99(5,6)54-8-2)63-97(87)104-94-43-24-20-38-84(94)85-39-21-25-44-95(85)104;/h9-44,48-52,55-65H,7-8,53-54H2,1-6H3;/q-3;+3. The first kappa shape index (κ1) is 67.8. The normalized spacial score (nSPS) is 11.8. The molecule has 0 aliphatic heterocycles. The van der Waals surface area contributed by atoms with Crippen molar-refractivity contribution in [2.45, 2.75) is 78.1 Å². The maximum absolute atomic E-state index is 5.10. The Morgan fingerprint density at radius 3 is 1.03 bits per heavy atom. The van der Waals surface area contributed by atoms with Crippen LogP contribution in [0.3, 0.4) is 0 Å². The van der Waals surface area contributed by atoms with Crippen molar-refractivity contribution in [3.8, 4) is 123 Å². The average molecular weight is 1530 g/mol. The van der Waals surface area contributed by atoms with Crippen molar-refractivity contribution in [1.29, 1.82) is 0 Å². The van der Waals surface area contributed by atoms with Crippen LogP contribution in [0.2, 0.25) is 0 Å². The van der Waals surface area contributed by atoms with Crippen LogP contribution in [0.15, 0.2) is 316 Å². The van der Waals surface area contributed by atoms with Gasteiger partial charge in [-0.2, -0.15) is 0 Å². The molecule has 508 valence electrons. The van der Waals surface area contributed by atoms with Crippen molar-refractivity contribution >= 4 is 43.6 Å². The molecule has 17 rings (SSSR count). The zero-order valence-corrected chi connectivity index (χ0v) is 62.3. The summed E-state index contributed by atoms with van der Waals surface area (Å²) in [5.41, 5.74) is 29.5. The van der Waals surface area contributed by atoms with Crippen molar-refractivity contribution in [3.63, 3.8) is 0 Å². The molecule has 5 heterocycles. The largest absolute Gasteiger partial charge is 3.00 e. The number of fused-ring (bicyclic) bond motifs is 6. The molecule has 6 heteroatoms. The maximum atomic E-state index is 5.10. The maximum Gasteiger partial charge on any atom is 3.00 e. The molecule has 0 aliphatic rings. The van der Waals surface area contributed by atoms with Crippen LogP contribution in [0.5, 0.6) is 0 Å². The fourth-order valence-corrected chi connectivity index (χ4v) is 16.2. The minimum atomic E-state index is -0.0311. The van der Waals surface area contributed by atoms with E-state index in [0.717, 1.165) is 171 Å². The van der Waals surface area contributed by atoms with Gasteiger partial charge >= 0.3 is 20.1 Å². The minimum absolute atomic E-state index is 0. The molecule has 105 heavy (non-hydrogen) atoms. The van der Waals surface area contributed by atoms with Gasteiger partial charge < -0.3 is 24.1 Å². The molecule has 0 atom stereocenters. The van der Waals surface area contributed by atoms with Crippen molar-refractivity contribution in [2.24, 2.45) is 0 Å². The summed E-state index contributed by atoms with van der Waals surface area (Å²) >= 11 is 0. The van der Waals surface area contributed by atoms with Gasteiger partial charge in [0.2, 0.25) is 0 Å². The second kappa shape index (κ2) is 28.5. The second-order valence-electron chi connectivity index (χ2n) is 28.8. The van der Waals surface area contributed by atoms with E-state index in [1.807, 2.05) is 30.7 Å². The molecule has 5 nitrogen and oxygen atoms in total. The van der Waals surface area contributed by atoms with Crippen molar-refractivity contribution in [3.05, 3.63) is 345 Å². The Bertz CT molecular complexity index is 5700. The number of hydrogen-bond donors (Lipinski definition) is 0. The van der Waals surface area contributed by atoms with Gasteiger partial charge in [-0.1, -0.05) is 294 Å². The SMILES string of the molecule is CCCC(C)(C)c1ccnc(-c2[c-]cc(-c3ccccc3-c3cc(-c4ccccc4-c4c[c-]c(-c5ccccn5)cc4-c4ccccc4)cc(-c4ccccc4-c4c[c-]c(-c5cc(C(C)(C)CCC)ccn5)cc4-n4c5ccccc5c5ccccc54)c3)c(-n3c4ccccc4c4ccccc43)c2)c1.[Ir+3]. The van der Waals surface area contributed by atoms with Crippen LogP contribution in [-0.2, 0) is 30.9 Å². The third-order valence-electron chi connectivity index (χ3n) is 21.4. The molecule has 0 unspecified atom stereocenters. The minimum Gasteiger partial charge on any atom is -0.326 e. The zero-order valence-electron chi connectivity index (χ0n) is 59.9. The van der Waals surface area contributed by atoms with E-state index in [1.54, 1.807) is 0 Å². The quantitative estimate of drug-likeness (QED) is 0.0805. The van der Waals surface area contributed by atoms with E-state index in [0.29, 0.717) is 0 Å². The van der Waals surface area contributed by atoms with E-state index in [4.69, 9.17) is 15.0 Å². The van der Waals surface area contributed by atoms with Crippen LogP contribution in [0.25, 0.3) is 167 Å². The Hall–Kier alpha value is -11.7. The Labute approximate surface area is 629 Å². The number of para-hydroxylation sites is 4. The van der Waals surface area contributed by atoms with Crippen molar-refractivity contribution < 1.29 is 20.1 Å². The molecule has 0 radical (unpaired) electrons. The summed E-state index contributed by atoms with van der Waals surface area (Å²) in [6, 6.07) is 120. The number of rotatable bonds is 18. The van der Waals surface area contributed by atoms with Crippen LogP contribution >= 0.6 is 0 Å². The molecule has 0 bridgehead atoms. The molecule has 12 aromatic carbocycles. The van der Waals surface area contributed by atoms with Gasteiger partial charge in [-0.05, 0) is 163 Å². The summed E-state index contributed by atoms with van der Waals surface area (Å²) in [6.45, 7) is 13.9. The molecule has 0 aliphatic carbocycles. The predicted molar refractivity (Wildman–Crippen MR) is 435 cm³/mol. The first-order chi connectivity index (χ1) is 51.0. The Morgan fingerprint density at radius 1 is 0.286 bits per heavy atom. The molecule has 0 amide bonds. The van der Waals surface area contributed by atoms with Gasteiger partial charge in [0, 0.05) is 40.1 Å². The Morgan fingerprint density at radius 2 is 0.629 bits per heavy atom. The monoisotopic (exact) mass is 1530 g/mol. The molecule has 0 N–H and O–H groups in total. The smallest absolute Gasteiger partial charge is 0.326 e. The molecular weight excluding hydrogens is 1450 g/mol. The first-order valence-electron chi connectivity index (χ1n) is 36.5. The fourth-order valence-electron chi connectivity index (χ4n) is 16.2. The molecule has 0 saturated carbocycles. The van der Waals surface area contributed by atoms with Crippen molar-refractivity contribution in [1.82, 2.24) is 24.1 Å². The summed E-state index contributed by atoms with van der Waals surface area (Å²) in [5, 5.41) is 4.77. The summed E-state index contributed by atoms with van der Waals surface area (Å²) in [4.78, 5) is 15.0. The Kier molecular flexibility index (Phi) is 18.4. The molecule has 5 aromatic heterocycles. The van der Waals surface area contributed by atoms with Gasteiger partial charge in [-0.15, -0.1) is 71.3 Å². The second-order valence-corrected chi connectivity index (χ2v) is 28.8. The van der Waals surface area contributed by atoms with Gasteiger partial charge in [-0.3, -0.25) is 0 Å². The number of aromatic nitrogens is 5. The van der Waals surface area contributed by atoms with E-state index in [2.05, 4.69) is 354 Å². The molecule has 0 spiro atoms. The Balaban J connectivity index is 0.00000847. The molecule has 0 fully saturated rings. The third kappa shape index (κ3) is 12.6. The zero-order chi connectivity index (χ0) is 70.5. The van der Waals surface area contributed by atoms with Crippen molar-refractivity contribution in [2.75, 3.05) is 0 Å². The van der Waals surface area contributed by atoms with E-state index in [-0.39, 0.29) is 30.9 Å². The number of hydrogen-bond acceptors (Lipinski definition) is 3. The van der Waals surface area contributed by atoms with E-state index in [9.17, 15) is 0 Å². The van der Waals surface area contributed by atoms with Crippen LogP contribution < -0.4 is 0 Å². The van der Waals surface area contributed by atoms with Crippen LogP contribution in [0.4, 0.5) is 0 Å². The molecule has 17 aromatic rings. The van der Waals surface area contributed by atoms with Crippen LogP contribution in [0.1, 0.15) is 78.4 Å². The predicted octanol–water partition coefficient (Wildman–Crippen LogP) is 26.3. The molecular formula is C99H78IrN5. The average Bonchev–Trinajstić information content (AvgIpc) is 1.61. The third-order valence-corrected chi connectivity index (χ3v) is 21.4. The van der Waals surface area contributed by atoms with Gasteiger partial charge in [0.05, 0.1) is 22.1 Å². The van der Waals surface area contributed by atoms with E-state index >= 15 is 0 Å². The first-order valence-corrected chi connectivity index (χ1v) is 36.5. The van der Waals surface area contributed by atoms with Crippen LogP contribution in [0, 0.1) is 18.2 Å². The summed E-state index contributed by atoms with van der Waals surface area (Å²) in [6.07, 6.45) is 10.1. The summed E-state index contributed by atoms with van der Waals surface area (Å²) in [5.74, 6) is 0. The topological polar surface area (TPSA) is 48.5 Å². The van der Waals surface area contributed by atoms with Gasteiger partial charge in [0.1, 0.15) is 0 Å². The number of benzene rings is 12. The van der Waals surface area contributed by atoms with Gasteiger partial charge in [-0.25, -0.2) is 0 Å². The van der Waals surface area contributed by atoms with Gasteiger partial charge in [0.25, 0.3) is 0 Å². The van der Waals surface area contributed by atoms with Crippen LogP contribution in [-0.4, -0.2) is 24.1 Å². The van der Waals surface area contributed by atoms with Gasteiger partial charge in [0.15, 0.2) is 0 Å². The number of nitrogens with zero attached hydrogens (tertiary/aromatic N) is 5. The summed E-state index contributed by atoms with van der Waals surface area (Å²) in [7, 11) is 0. The summed E-state index contributed by atoms with van der Waals surface area (Å²) < 4.78 is 4.93. The molecule has 0 saturated heterocycles. The fraction of sp³-hybridized carbons (Fsp3) is 0.121. The van der Waals surface area contributed by atoms with E-state index in [1.165, 1.54) is 32.7 Å².